The van der Waals surface area contributed by atoms with Crippen LogP contribution in [0.3, 0.4) is 0 Å². The van der Waals surface area contributed by atoms with Gasteiger partial charge in [0.15, 0.2) is 0 Å². The second-order valence-corrected chi connectivity index (χ2v) is 6.53. The maximum atomic E-state index is 5.76. The van der Waals surface area contributed by atoms with Gasteiger partial charge in [0.05, 0.1) is 5.39 Å². The lowest BCUT2D eigenvalue weighted by atomic mass is 9.97. The number of aryl methyl sites for hydroxylation is 2. The summed E-state index contributed by atoms with van der Waals surface area (Å²) in [6, 6.07) is 0. The first-order valence-electron chi connectivity index (χ1n) is 6.86. The zero-order chi connectivity index (χ0) is 13.4. The van der Waals surface area contributed by atoms with Crippen molar-refractivity contribution in [3.63, 3.8) is 0 Å². The van der Waals surface area contributed by atoms with Crippen LogP contribution in [-0.2, 0) is 0 Å². The molecule has 0 spiro atoms. The molecular formula is C14H20N4S. The van der Waals surface area contributed by atoms with Crippen LogP contribution >= 0.6 is 11.3 Å². The Labute approximate surface area is 117 Å². The van der Waals surface area contributed by atoms with Crippen LogP contribution in [0.25, 0.3) is 10.2 Å². The molecule has 1 saturated heterocycles. The van der Waals surface area contributed by atoms with E-state index < -0.39 is 0 Å². The molecule has 19 heavy (non-hydrogen) atoms. The highest BCUT2D eigenvalue weighted by atomic mass is 32.1. The topological polar surface area (TPSA) is 55.0 Å². The van der Waals surface area contributed by atoms with Crippen LogP contribution in [0.5, 0.6) is 0 Å². The lowest BCUT2D eigenvalue weighted by Gasteiger charge is -2.32. The highest BCUT2D eigenvalue weighted by Crippen LogP contribution is 2.35. The minimum atomic E-state index is 0.680. The Balaban J connectivity index is 1.97. The van der Waals surface area contributed by atoms with E-state index in [1.165, 1.54) is 28.7 Å². The summed E-state index contributed by atoms with van der Waals surface area (Å²) in [6.07, 6.45) is 4.04. The van der Waals surface area contributed by atoms with Crippen molar-refractivity contribution in [1.29, 1.82) is 0 Å². The van der Waals surface area contributed by atoms with E-state index in [0.717, 1.165) is 30.3 Å². The minimum absolute atomic E-state index is 0.680. The summed E-state index contributed by atoms with van der Waals surface area (Å²) in [7, 11) is 0. The first-order chi connectivity index (χ1) is 9.20. The van der Waals surface area contributed by atoms with Crippen molar-refractivity contribution in [3.05, 3.63) is 16.8 Å². The summed E-state index contributed by atoms with van der Waals surface area (Å²) >= 11 is 1.76. The number of nitrogens with two attached hydrogens (primary N) is 1. The Hall–Kier alpha value is -1.20. The molecule has 1 aliphatic heterocycles. The number of fused-ring (bicyclic) bond motifs is 1. The lowest BCUT2D eigenvalue weighted by molar-refractivity contribution is 0.413. The first kappa shape index (κ1) is 12.8. The van der Waals surface area contributed by atoms with Crippen molar-refractivity contribution >= 4 is 27.4 Å². The molecule has 2 aromatic heterocycles. The predicted molar refractivity (Wildman–Crippen MR) is 80.9 cm³/mol. The van der Waals surface area contributed by atoms with Gasteiger partial charge >= 0.3 is 0 Å². The predicted octanol–water partition coefficient (Wildman–Crippen LogP) is 2.48. The number of thiophene rings is 1. The van der Waals surface area contributed by atoms with E-state index >= 15 is 0 Å². The molecule has 0 unspecified atom stereocenters. The van der Waals surface area contributed by atoms with E-state index in [1.807, 2.05) is 0 Å². The van der Waals surface area contributed by atoms with Crippen LogP contribution in [0.1, 0.15) is 23.3 Å². The van der Waals surface area contributed by atoms with E-state index in [-0.39, 0.29) is 0 Å². The molecule has 0 radical (unpaired) electrons. The summed E-state index contributed by atoms with van der Waals surface area (Å²) in [5.74, 6) is 1.79. The van der Waals surface area contributed by atoms with Gasteiger partial charge in [-0.3, -0.25) is 0 Å². The van der Waals surface area contributed by atoms with Gasteiger partial charge < -0.3 is 10.6 Å². The minimum Gasteiger partial charge on any atom is -0.356 e. The SMILES string of the molecule is Cc1sc2ncnc(N3CCC(CN)CC3)c2c1C. The van der Waals surface area contributed by atoms with Crippen molar-refractivity contribution in [1.82, 2.24) is 9.97 Å². The van der Waals surface area contributed by atoms with Crippen molar-refractivity contribution in [2.75, 3.05) is 24.5 Å². The van der Waals surface area contributed by atoms with Gasteiger partial charge in [0.2, 0.25) is 0 Å². The second-order valence-electron chi connectivity index (χ2n) is 5.33. The summed E-state index contributed by atoms with van der Waals surface area (Å²) in [5.41, 5.74) is 7.09. The summed E-state index contributed by atoms with van der Waals surface area (Å²) in [4.78, 5) is 13.8. The van der Waals surface area contributed by atoms with E-state index in [2.05, 4.69) is 28.7 Å². The Morgan fingerprint density at radius 2 is 2.05 bits per heavy atom. The number of hydrogen-bond acceptors (Lipinski definition) is 5. The number of anilines is 1. The molecule has 0 amide bonds. The molecule has 0 bridgehead atoms. The third-order valence-electron chi connectivity index (χ3n) is 4.19. The molecule has 0 saturated carbocycles. The Kier molecular flexibility index (Phi) is 3.41. The standard InChI is InChI=1S/C14H20N4S/c1-9-10(2)19-14-12(9)13(16-8-17-14)18-5-3-11(7-15)4-6-18/h8,11H,3-7,15H2,1-2H3. The lowest BCUT2D eigenvalue weighted by Crippen LogP contribution is -2.36. The van der Waals surface area contributed by atoms with E-state index in [0.29, 0.717) is 5.92 Å². The zero-order valence-electron chi connectivity index (χ0n) is 11.5. The fourth-order valence-corrected chi connectivity index (χ4v) is 3.78. The van der Waals surface area contributed by atoms with Gasteiger partial charge in [-0.2, -0.15) is 0 Å². The highest BCUT2D eigenvalue weighted by Gasteiger charge is 2.22. The highest BCUT2D eigenvalue weighted by molar-refractivity contribution is 7.18. The molecule has 5 heteroatoms. The van der Waals surface area contributed by atoms with Crippen LogP contribution in [0.4, 0.5) is 5.82 Å². The van der Waals surface area contributed by atoms with Crippen molar-refractivity contribution < 1.29 is 0 Å². The van der Waals surface area contributed by atoms with Gasteiger partial charge in [-0.1, -0.05) is 0 Å². The molecule has 0 aromatic carbocycles. The molecular weight excluding hydrogens is 256 g/mol. The third-order valence-corrected chi connectivity index (χ3v) is 5.31. The summed E-state index contributed by atoms with van der Waals surface area (Å²) in [5, 5.41) is 1.25. The summed E-state index contributed by atoms with van der Waals surface area (Å²) in [6.45, 7) is 7.26. The van der Waals surface area contributed by atoms with E-state index in [9.17, 15) is 0 Å². The van der Waals surface area contributed by atoms with Gasteiger partial charge in [-0.25, -0.2) is 9.97 Å². The molecule has 0 aliphatic carbocycles. The monoisotopic (exact) mass is 276 g/mol. The van der Waals surface area contributed by atoms with Crippen molar-refractivity contribution in [3.8, 4) is 0 Å². The second kappa shape index (κ2) is 5.06. The quantitative estimate of drug-likeness (QED) is 0.915. The molecule has 3 heterocycles. The van der Waals surface area contributed by atoms with Crippen LogP contribution in [0, 0.1) is 19.8 Å². The van der Waals surface area contributed by atoms with Gasteiger partial charge in [-0.15, -0.1) is 11.3 Å². The number of piperidine rings is 1. The Bertz CT molecular complexity index is 584. The summed E-state index contributed by atoms with van der Waals surface area (Å²) < 4.78 is 0. The Morgan fingerprint density at radius 3 is 2.74 bits per heavy atom. The van der Waals surface area contributed by atoms with E-state index in [1.54, 1.807) is 17.7 Å². The molecule has 2 aromatic rings. The number of hydrogen-bond donors (Lipinski definition) is 1. The third kappa shape index (κ3) is 2.21. The molecule has 1 aliphatic rings. The van der Waals surface area contributed by atoms with Crippen molar-refractivity contribution in [2.24, 2.45) is 11.7 Å². The molecule has 0 atom stereocenters. The number of nitrogens with zero attached hydrogens (tertiary/aromatic N) is 3. The maximum absolute atomic E-state index is 5.76. The van der Waals surface area contributed by atoms with E-state index in [4.69, 9.17) is 5.73 Å². The molecule has 2 N–H and O–H groups in total. The van der Waals surface area contributed by atoms with Gasteiger partial charge in [0, 0.05) is 18.0 Å². The van der Waals surface area contributed by atoms with Gasteiger partial charge in [-0.05, 0) is 44.7 Å². The Morgan fingerprint density at radius 1 is 1.32 bits per heavy atom. The maximum Gasteiger partial charge on any atom is 0.141 e. The van der Waals surface area contributed by atoms with Crippen molar-refractivity contribution in [2.45, 2.75) is 26.7 Å². The molecule has 102 valence electrons. The van der Waals surface area contributed by atoms with Gasteiger partial charge in [0.1, 0.15) is 17.0 Å². The van der Waals surface area contributed by atoms with Gasteiger partial charge in [0.25, 0.3) is 0 Å². The smallest absolute Gasteiger partial charge is 0.141 e. The first-order valence-corrected chi connectivity index (χ1v) is 7.68. The average Bonchev–Trinajstić information content (AvgIpc) is 2.74. The normalized spacial score (nSPS) is 17.3. The molecule has 3 rings (SSSR count). The fraction of sp³-hybridized carbons (Fsp3) is 0.571. The number of rotatable bonds is 2. The fourth-order valence-electron chi connectivity index (χ4n) is 2.78. The molecule has 1 fully saturated rings. The van der Waals surface area contributed by atoms with Crippen LogP contribution in [0.15, 0.2) is 6.33 Å². The largest absolute Gasteiger partial charge is 0.356 e. The van der Waals surface area contributed by atoms with Crippen LogP contribution in [0.2, 0.25) is 0 Å². The zero-order valence-corrected chi connectivity index (χ0v) is 12.3. The average molecular weight is 276 g/mol. The van der Waals surface area contributed by atoms with Crippen LogP contribution in [-0.4, -0.2) is 29.6 Å². The van der Waals surface area contributed by atoms with Crippen LogP contribution < -0.4 is 10.6 Å². The number of aromatic nitrogens is 2. The molecule has 4 nitrogen and oxygen atoms in total.